The van der Waals surface area contributed by atoms with Gasteiger partial charge in [0.1, 0.15) is 0 Å². The Labute approximate surface area is 144 Å². The Balaban J connectivity index is 0.00000264. The maximum Gasteiger partial charge on any atom is 0.242 e. The smallest absolute Gasteiger partial charge is 0.242 e. The molecule has 5 nitrogen and oxygen atoms in total. The van der Waals surface area contributed by atoms with Crippen LogP contribution in [-0.4, -0.2) is 35.3 Å². The molecule has 0 saturated heterocycles. The van der Waals surface area contributed by atoms with Crippen molar-refractivity contribution in [3.8, 4) is 0 Å². The van der Waals surface area contributed by atoms with Crippen molar-refractivity contribution in [2.24, 2.45) is 11.7 Å². The van der Waals surface area contributed by atoms with Gasteiger partial charge in [-0.15, -0.1) is 12.4 Å². The van der Waals surface area contributed by atoms with Gasteiger partial charge in [-0.1, -0.05) is 44.2 Å². The molecule has 3 N–H and O–H groups in total. The minimum atomic E-state index is -0.573. The summed E-state index contributed by atoms with van der Waals surface area (Å²) in [5, 5.41) is 2.66. The van der Waals surface area contributed by atoms with Crippen LogP contribution in [0.3, 0.4) is 0 Å². The van der Waals surface area contributed by atoms with Crippen molar-refractivity contribution in [3.63, 3.8) is 0 Å². The predicted octanol–water partition coefficient (Wildman–Crippen LogP) is 1.70. The Morgan fingerprint density at radius 2 is 1.87 bits per heavy atom. The van der Waals surface area contributed by atoms with Crippen molar-refractivity contribution < 1.29 is 9.59 Å². The molecule has 0 aliphatic heterocycles. The summed E-state index contributed by atoms with van der Waals surface area (Å²) in [6.45, 7) is 4.38. The monoisotopic (exact) mass is 339 g/mol. The zero-order chi connectivity index (χ0) is 16.1. The summed E-state index contributed by atoms with van der Waals surface area (Å²) in [4.78, 5) is 26.1. The standard InChI is InChI=1S/C17H25N3O2.ClH/c1-12(2)16(18)17(22)19-10-15(21)20(14-8-9-14)11-13-6-4-3-5-7-13;/h3-7,12,14,16H,8-11,18H2,1-2H3,(H,19,22);1H/t16-;/m0./s1. The van der Waals surface area contributed by atoms with Gasteiger partial charge in [0.25, 0.3) is 0 Å². The summed E-state index contributed by atoms with van der Waals surface area (Å²) in [6, 6.07) is 9.65. The van der Waals surface area contributed by atoms with E-state index in [0.29, 0.717) is 12.6 Å². The molecular formula is C17H26ClN3O2. The quantitative estimate of drug-likeness (QED) is 0.794. The van der Waals surface area contributed by atoms with Gasteiger partial charge in [0.15, 0.2) is 0 Å². The van der Waals surface area contributed by atoms with Crippen LogP contribution in [0, 0.1) is 5.92 Å². The van der Waals surface area contributed by atoms with E-state index in [1.807, 2.05) is 49.1 Å². The fourth-order valence-corrected chi connectivity index (χ4v) is 2.27. The molecule has 1 aliphatic carbocycles. The molecule has 0 heterocycles. The van der Waals surface area contributed by atoms with Crippen molar-refractivity contribution in [2.75, 3.05) is 6.54 Å². The lowest BCUT2D eigenvalue weighted by atomic mass is 10.1. The molecular weight excluding hydrogens is 314 g/mol. The van der Waals surface area contributed by atoms with Gasteiger partial charge in [-0.25, -0.2) is 0 Å². The highest BCUT2D eigenvalue weighted by molar-refractivity contribution is 5.87. The Kier molecular flexibility index (Phi) is 7.52. The number of carbonyl (C=O) groups is 2. The molecule has 0 bridgehead atoms. The van der Waals surface area contributed by atoms with E-state index < -0.39 is 6.04 Å². The number of nitrogens with zero attached hydrogens (tertiary/aromatic N) is 1. The maximum absolute atomic E-state index is 12.4. The predicted molar refractivity (Wildman–Crippen MR) is 93.1 cm³/mol. The molecule has 1 fully saturated rings. The Morgan fingerprint density at radius 1 is 1.26 bits per heavy atom. The third-order valence-electron chi connectivity index (χ3n) is 3.94. The van der Waals surface area contributed by atoms with Crippen molar-refractivity contribution in [3.05, 3.63) is 35.9 Å². The fraction of sp³-hybridized carbons (Fsp3) is 0.529. The number of carbonyl (C=O) groups excluding carboxylic acids is 2. The lowest BCUT2D eigenvalue weighted by Gasteiger charge is -2.23. The third-order valence-corrected chi connectivity index (χ3v) is 3.94. The molecule has 6 heteroatoms. The molecule has 1 aliphatic rings. The molecule has 1 aromatic rings. The number of nitrogens with two attached hydrogens (primary N) is 1. The minimum absolute atomic E-state index is 0. The van der Waals surface area contributed by atoms with Gasteiger partial charge in [-0.3, -0.25) is 9.59 Å². The highest BCUT2D eigenvalue weighted by Gasteiger charge is 2.32. The van der Waals surface area contributed by atoms with Crippen LogP contribution in [0.5, 0.6) is 0 Å². The van der Waals surface area contributed by atoms with Gasteiger partial charge in [-0.2, -0.15) is 0 Å². The van der Waals surface area contributed by atoms with Gasteiger partial charge in [0.05, 0.1) is 12.6 Å². The summed E-state index contributed by atoms with van der Waals surface area (Å²) in [6.07, 6.45) is 2.08. The van der Waals surface area contributed by atoms with E-state index >= 15 is 0 Å². The highest BCUT2D eigenvalue weighted by Crippen LogP contribution is 2.28. The van der Waals surface area contributed by atoms with E-state index in [4.69, 9.17) is 5.73 Å². The number of rotatable bonds is 7. The van der Waals surface area contributed by atoms with Crippen molar-refractivity contribution >= 4 is 24.2 Å². The average molecular weight is 340 g/mol. The van der Waals surface area contributed by atoms with E-state index in [9.17, 15) is 9.59 Å². The van der Waals surface area contributed by atoms with Crippen LogP contribution in [0.25, 0.3) is 0 Å². The summed E-state index contributed by atoms with van der Waals surface area (Å²) < 4.78 is 0. The first-order valence-corrected chi connectivity index (χ1v) is 7.85. The second-order valence-corrected chi connectivity index (χ2v) is 6.23. The second-order valence-electron chi connectivity index (χ2n) is 6.23. The molecule has 23 heavy (non-hydrogen) atoms. The Morgan fingerprint density at radius 3 is 2.39 bits per heavy atom. The van der Waals surface area contributed by atoms with E-state index in [-0.39, 0.29) is 36.7 Å². The number of hydrogen-bond donors (Lipinski definition) is 2. The molecule has 0 spiro atoms. The van der Waals surface area contributed by atoms with Crippen LogP contribution >= 0.6 is 12.4 Å². The van der Waals surface area contributed by atoms with Crippen LogP contribution in [0.1, 0.15) is 32.3 Å². The largest absolute Gasteiger partial charge is 0.346 e. The molecule has 128 valence electrons. The van der Waals surface area contributed by atoms with Gasteiger partial charge >= 0.3 is 0 Å². The summed E-state index contributed by atoms with van der Waals surface area (Å²) in [5.41, 5.74) is 6.89. The number of hydrogen-bond acceptors (Lipinski definition) is 3. The Bertz CT molecular complexity index is 518. The summed E-state index contributed by atoms with van der Waals surface area (Å²) in [5.74, 6) is -0.256. The molecule has 0 unspecified atom stereocenters. The number of halogens is 1. The molecule has 1 aromatic carbocycles. The highest BCUT2D eigenvalue weighted by atomic mass is 35.5. The maximum atomic E-state index is 12.4. The van der Waals surface area contributed by atoms with Crippen LogP contribution in [-0.2, 0) is 16.1 Å². The first-order chi connectivity index (χ1) is 10.5. The average Bonchev–Trinajstić information content (AvgIpc) is 3.34. The van der Waals surface area contributed by atoms with Crippen LogP contribution in [0.15, 0.2) is 30.3 Å². The lowest BCUT2D eigenvalue weighted by Crippen LogP contribution is -2.48. The summed E-state index contributed by atoms with van der Waals surface area (Å²) >= 11 is 0. The third kappa shape index (κ3) is 5.84. The number of benzene rings is 1. The van der Waals surface area contributed by atoms with Crippen LogP contribution in [0.2, 0.25) is 0 Å². The number of nitrogens with one attached hydrogen (secondary N) is 1. The van der Waals surface area contributed by atoms with Crippen LogP contribution in [0.4, 0.5) is 0 Å². The van der Waals surface area contributed by atoms with E-state index in [0.717, 1.165) is 18.4 Å². The van der Waals surface area contributed by atoms with Gasteiger partial charge in [-0.05, 0) is 24.3 Å². The van der Waals surface area contributed by atoms with Gasteiger partial charge in [0.2, 0.25) is 11.8 Å². The van der Waals surface area contributed by atoms with Gasteiger partial charge in [0, 0.05) is 12.6 Å². The molecule has 0 aromatic heterocycles. The molecule has 1 atom stereocenters. The fourth-order valence-electron chi connectivity index (χ4n) is 2.27. The molecule has 2 amide bonds. The van der Waals surface area contributed by atoms with Gasteiger partial charge < -0.3 is 16.0 Å². The normalized spacial score (nSPS) is 14.8. The first kappa shape index (κ1) is 19.5. The SMILES string of the molecule is CC(C)[C@H](N)C(=O)NCC(=O)N(Cc1ccccc1)C1CC1.Cl. The molecule has 2 rings (SSSR count). The second kappa shape index (κ2) is 8.89. The van der Waals surface area contributed by atoms with Crippen molar-refractivity contribution in [1.29, 1.82) is 0 Å². The van der Waals surface area contributed by atoms with Crippen molar-refractivity contribution in [1.82, 2.24) is 10.2 Å². The number of amides is 2. The molecule has 0 radical (unpaired) electrons. The topological polar surface area (TPSA) is 75.4 Å². The first-order valence-electron chi connectivity index (χ1n) is 7.85. The molecule has 1 saturated carbocycles. The minimum Gasteiger partial charge on any atom is -0.346 e. The summed E-state index contributed by atoms with van der Waals surface area (Å²) in [7, 11) is 0. The van der Waals surface area contributed by atoms with Crippen LogP contribution < -0.4 is 11.1 Å². The van der Waals surface area contributed by atoms with E-state index in [2.05, 4.69) is 5.32 Å². The van der Waals surface area contributed by atoms with E-state index in [1.165, 1.54) is 0 Å². The zero-order valence-electron chi connectivity index (χ0n) is 13.7. The zero-order valence-corrected chi connectivity index (χ0v) is 14.5. The Hall–Kier alpha value is -1.59. The lowest BCUT2D eigenvalue weighted by molar-refractivity contribution is -0.134. The van der Waals surface area contributed by atoms with Crippen molar-refractivity contribution in [2.45, 2.75) is 45.3 Å². The van der Waals surface area contributed by atoms with E-state index in [1.54, 1.807) is 0 Å².